The molecule has 2 rings (SSSR count). The van der Waals surface area contributed by atoms with Gasteiger partial charge in [-0.25, -0.2) is 0 Å². The van der Waals surface area contributed by atoms with E-state index in [-0.39, 0.29) is 5.91 Å². The second-order valence-electron chi connectivity index (χ2n) is 4.01. The normalized spacial score (nSPS) is 10.2. The Hall–Kier alpha value is -1.52. The van der Waals surface area contributed by atoms with Crippen molar-refractivity contribution in [2.45, 2.75) is 6.54 Å². The van der Waals surface area contributed by atoms with E-state index in [2.05, 4.69) is 21.2 Å². The number of hydrogen-bond donors (Lipinski definition) is 2. The van der Waals surface area contributed by atoms with Crippen molar-refractivity contribution < 1.29 is 4.79 Å². The molecule has 2 aromatic carbocycles. The van der Waals surface area contributed by atoms with E-state index in [4.69, 9.17) is 17.3 Å². The summed E-state index contributed by atoms with van der Waals surface area (Å²) < 4.78 is 0.840. The third-order valence-corrected chi connectivity index (χ3v) is 3.52. The number of carbonyl (C=O) groups is 1. The Morgan fingerprint density at radius 3 is 2.68 bits per heavy atom. The van der Waals surface area contributed by atoms with Gasteiger partial charge in [0.1, 0.15) is 0 Å². The van der Waals surface area contributed by atoms with Gasteiger partial charge in [-0.1, -0.05) is 45.7 Å². The largest absolute Gasteiger partial charge is 0.398 e. The van der Waals surface area contributed by atoms with Gasteiger partial charge in [0.05, 0.1) is 5.56 Å². The minimum absolute atomic E-state index is 0.218. The van der Waals surface area contributed by atoms with Crippen LogP contribution in [0.15, 0.2) is 46.9 Å². The molecule has 0 spiro atoms. The molecule has 0 heterocycles. The monoisotopic (exact) mass is 338 g/mol. The number of nitrogens with two attached hydrogens (primary N) is 1. The fourth-order valence-electron chi connectivity index (χ4n) is 1.65. The molecule has 0 radical (unpaired) electrons. The smallest absolute Gasteiger partial charge is 0.253 e. The first-order chi connectivity index (χ1) is 9.08. The van der Waals surface area contributed by atoms with Crippen LogP contribution in [0.3, 0.4) is 0 Å². The lowest BCUT2D eigenvalue weighted by atomic mass is 10.1. The van der Waals surface area contributed by atoms with E-state index in [1.807, 2.05) is 18.2 Å². The number of hydrogen-bond acceptors (Lipinski definition) is 2. The molecule has 5 heteroatoms. The summed E-state index contributed by atoms with van der Waals surface area (Å²) in [6.45, 7) is 0.369. The van der Waals surface area contributed by atoms with Crippen LogP contribution in [0.25, 0.3) is 0 Å². The molecule has 3 nitrogen and oxygen atoms in total. The van der Waals surface area contributed by atoms with Crippen LogP contribution in [0.4, 0.5) is 5.69 Å². The number of halogens is 2. The standard InChI is InChI=1S/C14H12BrClN2O/c15-10-5-6-11(13(17)7-10)14(19)18-8-9-3-1-2-4-12(9)16/h1-7H,8,17H2,(H,18,19). The highest BCUT2D eigenvalue weighted by Crippen LogP contribution is 2.19. The minimum Gasteiger partial charge on any atom is -0.398 e. The minimum atomic E-state index is -0.218. The van der Waals surface area contributed by atoms with E-state index < -0.39 is 0 Å². The summed E-state index contributed by atoms with van der Waals surface area (Å²) in [6, 6.07) is 12.5. The SMILES string of the molecule is Nc1cc(Br)ccc1C(=O)NCc1ccccc1Cl. The molecule has 2 aromatic rings. The average molecular weight is 340 g/mol. The summed E-state index contributed by atoms with van der Waals surface area (Å²) in [5, 5.41) is 3.43. The average Bonchev–Trinajstić information content (AvgIpc) is 2.37. The number of carbonyl (C=O) groups excluding carboxylic acids is 1. The van der Waals surface area contributed by atoms with Gasteiger partial charge in [0, 0.05) is 21.7 Å². The van der Waals surface area contributed by atoms with E-state index in [1.165, 1.54) is 0 Å². The molecule has 0 aliphatic carbocycles. The zero-order valence-corrected chi connectivity index (χ0v) is 12.3. The summed E-state index contributed by atoms with van der Waals surface area (Å²) in [4.78, 5) is 12.0. The Labute approximate surface area is 124 Å². The Kier molecular flexibility index (Phi) is 4.45. The molecule has 0 bridgehead atoms. The van der Waals surface area contributed by atoms with Gasteiger partial charge in [-0.15, -0.1) is 0 Å². The van der Waals surface area contributed by atoms with Crippen molar-refractivity contribution >= 4 is 39.1 Å². The maximum Gasteiger partial charge on any atom is 0.253 e. The highest BCUT2D eigenvalue weighted by Gasteiger charge is 2.10. The number of nitrogens with one attached hydrogen (secondary N) is 1. The van der Waals surface area contributed by atoms with Crippen LogP contribution in [0.1, 0.15) is 15.9 Å². The van der Waals surface area contributed by atoms with Gasteiger partial charge in [0.2, 0.25) is 0 Å². The Morgan fingerprint density at radius 1 is 1.26 bits per heavy atom. The van der Waals surface area contributed by atoms with Crippen molar-refractivity contribution in [3.05, 3.63) is 63.1 Å². The van der Waals surface area contributed by atoms with Crippen molar-refractivity contribution in [1.82, 2.24) is 5.32 Å². The van der Waals surface area contributed by atoms with Gasteiger partial charge in [-0.3, -0.25) is 4.79 Å². The Balaban J connectivity index is 2.08. The number of nitrogen functional groups attached to an aromatic ring is 1. The van der Waals surface area contributed by atoms with Crippen LogP contribution in [-0.2, 0) is 6.54 Å². The predicted molar refractivity (Wildman–Crippen MR) is 81.2 cm³/mol. The summed E-state index contributed by atoms with van der Waals surface area (Å²) in [5.74, 6) is -0.218. The van der Waals surface area contributed by atoms with Gasteiger partial charge < -0.3 is 11.1 Å². The van der Waals surface area contributed by atoms with Crippen molar-refractivity contribution in [2.75, 3.05) is 5.73 Å². The fraction of sp³-hybridized carbons (Fsp3) is 0.0714. The van der Waals surface area contributed by atoms with Gasteiger partial charge in [-0.2, -0.15) is 0 Å². The topological polar surface area (TPSA) is 55.1 Å². The molecule has 0 atom stereocenters. The maximum atomic E-state index is 12.0. The summed E-state index contributed by atoms with van der Waals surface area (Å²) in [6.07, 6.45) is 0. The van der Waals surface area contributed by atoms with Gasteiger partial charge >= 0.3 is 0 Å². The van der Waals surface area contributed by atoms with Gasteiger partial charge in [0.15, 0.2) is 0 Å². The Bertz CT molecular complexity index is 616. The van der Waals surface area contributed by atoms with Gasteiger partial charge in [-0.05, 0) is 29.8 Å². The van der Waals surface area contributed by atoms with E-state index in [9.17, 15) is 4.79 Å². The summed E-state index contributed by atoms with van der Waals surface area (Å²) >= 11 is 9.33. The highest BCUT2D eigenvalue weighted by atomic mass is 79.9. The van der Waals surface area contributed by atoms with E-state index >= 15 is 0 Å². The third kappa shape index (κ3) is 3.49. The molecular weight excluding hydrogens is 328 g/mol. The Morgan fingerprint density at radius 2 is 2.00 bits per heavy atom. The predicted octanol–water partition coefficient (Wildman–Crippen LogP) is 3.61. The first kappa shape index (κ1) is 13.9. The molecule has 0 aromatic heterocycles. The molecule has 0 aliphatic heterocycles. The molecule has 0 fully saturated rings. The number of anilines is 1. The summed E-state index contributed by atoms with van der Waals surface area (Å²) in [5.41, 5.74) is 7.56. The van der Waals surface area contributed by atoms with E-state index in [1.54, 1.807) is 24.3 Å². The molecule has 0 unspecified atom stereocenters. The lowest BCUT2D eigenvalue weighted by Crippen LogP contribution is -2.23. The maximum absolute atomic E-state index is 12.0. The van der Waals surface area contributed by atoms with Gasteiger partial charge in [0.25, 0.3) is 5.91 Å². The van der Waals surface area contributed by atoms with Crippen LogP contribution in [0.2, 0.25) is 5.02 Å². The lowest BCUT2D eigenvalue weighted by Gasteiger charge is -2.09. The van der Waals surface area contributed by atoms with E-state index in [0.29, 0.717) is 22.8 Å². The zero-order chi connectivity index (χ0) is 13.8. The van der Waals surface area contributed by atoms with E-state index in [0.717, 1.165) is 10.0 Å². The molecular formula is C14H12BrClN2O. The first-order valence-electron chi connectivity index (χ1n) is 5.64. The summed E-state index contributed by atoms with van der Waals surface area (Å²) in [7, 11) is 0. The molecule has 98 valence electrons. The van der Waals surface area contributed by atoms with Crippen molar-refractivity contribution in [3.63, 3.8) is 0 Å². The van der Waals surface area contributed by atoms with Crippen LogP contribution in [0.5, 0.6) is 0 Å². The number of benzene rings is 2. The fourth-order valence-corrected chi connectivity index (χ4v) is 2.23. The third-order valence-electron chi connectivity index (χ3n) is 2.66. The van der Waals surface area contributed by atoms with Crippen molar-refractivity contribution in [2.24, 2.45) is 0 Å². The quantitative estimate of drug-likeness (QED) is 0.839. The number of rotatable bonds is 3. The highest BCUT2D eigenvalue weighted by molar-refractivity contribution is 9.10. The molecule has 0 saturated heterocycles. The van der Waals surface area contributed by atoms with Crippen LogP contribution < -0.4 is 11.1 Å². The lowest BCUT2D eigenvalue weighted by molar-refractivity contribution is 0.0952. The number of amides is 1. The molecule has 3 N–H and O–H groups in total. The second-order valence-corrected chi connectivity index (χ2v) is 5.33. The van der Waals surface area contributed by atoms with Crippen LogP contribution in [-0.4, -0.2) is 5.91 Å². The van der Waals surface area contributed by atoms with Crippen molar-refractivity contribution in [3.8, 4) is 0 Å². The first-order valence-corrected chi connectivity index (χ1v) is 6.81. The molecule has 1 amide bonds. The second kappa shape index (κ2) is 6.08. The molecule has 0 aliphatic rings. The zero-order valence-electron chi connectivity index (χ0n) is 9.99. The van der Waals surface area contributed by atoms with Crippen molar-refractivity contribution in [1.29, 1.82) is 0 Å². The molecule has 19 heavy (non-hydrogen) atoms. The van der Waals surface area contributed by atoms with Crippen LogP contribution >= 0.6 is 27.5 Å². The van der Waals surface area contributed by atoms with Crippen LogP contribution in [0, 0.1) is 0 Å². The molecule has 0 saturated carbocycles.